The summed E-state index contributed by atoms with van der Waals surface area (Å²) in [5.41, 5.74) is 0.530. The fourth-order valence-electron chi connectivity index (χ4n) is 3.56. The largest absolute Gasteiger partial charge is 0.573 e. The molecule has 1 aliphatic heterocycles. The second-order valence-corrected chi connectivity index (χ2v) is 7.15. The molecular weight excluding hydrogens is 375 g/mol. The van der Waals surface area contributed by atoms with Crippen LogP contribution in [0.15, 0.2) is 29.3 Å². The Hall–Kier alpha value is -2.58. The number of amides is 1. The number of rotatable bonds is 5. The van der Waals surface area contributed by atoms with Gasteiger partial charge in [0, 0.05) is 39.0 Å². The van der Waals surface area contributed by atoms with Crippen LogP contribution in [0.4, 0.5) is 13.2 Å². The van der Waals surface area contributed by atoms with Crippen LogP contribution in [0.25, 0.3) is 0 Å². The van der Waals surface area contributed by atoms with Gasteiger partial charge in [-0.3, -0.25) is 14.6 Å². The van der Waals surface area contributed by atoms with E-state index in [1.54, 1.807) is 17.3 Å². The Labute approximate surface area is 161 Å². The Kier molecular flexibility index (Phi) is 5.90. The predicted molar refractivity (Wildman–Crippen MR) is 95.8 cm³/mol. The summed E-state index contributed by atoms with van der Waals surface area (Å²) in [4.78, 5) is 32.3. The Balaban J connectivity index is 1.79. The van der Waals surface area contributed by atoms with Gasteiger partial charge in [0.2, 0.25) is 5.91 Å². The number of ketones is 1. The van der Waals surface area contributed by atoms with E-state index in [4.69, 9.17) is 0 Å². The molecule has 0 N–H and O–H groups in total. The summed E-state index contributed by atoms with van der Waals surface area (Å²) in [6.45, 7) is 0.598. The lowest BCUT2D eigenvalue weighted by atomic mass is 9.92. The summed E-state index contributed by atoms with van der Waals surface area (Å²) in [6, 6.07) is 4.94. The highest BCUT2D eigenvalue weighted by Crippen LogP contribution is 2.27. The maximum absolute atomic E-state index is 13.1. The number of halogens is 3. The number of Topliss-reactive ketones (excluding diaryl/α,β-unsaturated/α-hetero) is 1. The van der Waals surface area contributed by atoms with Crippen molar-refractivity contribution >= 4 is 18.0 Å². The standard InChI is InChI=1S/C19H22F3N3O3/c1-24-11-17(23-12-24)18(27)25(14-5-7-15(26)8-6-14)10-13-3-2-4-16(9-13)28-19(20,21)22/h2-4,9,12,14,17H,5-8,10-11H2,1H3. The molecule has 1 fully saturated rings. The minimum Gasteiger partial charge on any atom is -0.406 e. The van der Waals surface area contributed by atoms with Crippen LogP contribution < -0.4 is 4.74 Å². The van der Waals surface area contributed by atoms with Crippen LogP contribution in [0.3, 0.4) is 0 Å². The van der Waals surface area contributed by atoms with Crippen molar-refractivity contribution in [1.82, 2.24) is 9.80 Å². The molecule has 0 spiro atoms. The van der Waals surface area contributed by atoms with Crippen molar-refractivity contribution in [3.05, 3.63) is 29.8 Å². The van der Waals surface area contributed by atoms with Gasteiger partial charge in [-0.05, 0) is 30.5 Å². The number of likely N-dealkylation sites (N-methyl/N-ethyl adjacent to an activating group) is 1. The van der Waals surface area contributed by atoms with Crippen molar-refractivity contribution in [2.45, 2.75) is 50.7 Å². The zero-order chi connectivity index (χ0) is 20.3. The quantitative estimate of drug-likeness (QED) is 0.767. The monoisotopic (exact) mass is 397 g/mol. The van der Waals surface area contributed by atoms with E-state index < -0.39 is 12.4 Å². The van der Waals surface area contributed by atoms with Gasteiger partial charge >= 0.3 is 6.36 Å². The third kappa shape index (κ3) is 5.24. The number of aliphatic imine (C=N–C) groups is 1. The Morgan fingerprint density at radius 2 is 2.04 bits per heavy atom. The fraction of sp³-hybridized carbons (Fsp3) is 0.526. The molecule has 1 saturated carbocycles. The summed E-state index contributed by atoms with van der Waals surface area (Å²) in [7, 11) is 1.82. The Morgan fingerprint density at radius 3 is 2.64 bits per heavy atom. The molecule has 0 bridgehead atoms. The minimum absolute atomic E-state index is 0.140. The average Bonchev–Trinajstić information content (AvgIpc) is 3.05. The van der Waals surface area contributed by atoms with Gasteiger partial charge in [-0.1, -0.05) is 12.1 Å². The van der Waals surface area contributed by atoms with Crippen LogP contribution in [0.1, 0.15) is 31.2 Å². The second-order valence-electron chi connectivity index (χ2n) is 7.15. The van der Waals surface area contributed by atoms with Crippen LogP contribution in [0, 0.1) is 0 Å². The number of ether oxygens (including phenoxy) is 1. The first kappa shape index (κ1) is 20.2. The minimum atomic E-state index is -4.78. The molecular formula is C19H22F3N3O3. The molecule has 1 unspecified atom stereocenters. The van der Waals surface area contributed by atoms with Gasteiger partial charge in [0.25, 0.3) is 0 Å². The molecule has 1 amide bonds. The van der Waals surface area contributed by atoms with Crippen LogP contribution in [-0.4, -0.2) is 59.9 Å². The van der Waals surface area contributed by atoms with E-state index in [1.165, 1.54) is 18.2 Å². The molecule has 1 aromatic carbocycles. The number of hydrogen-bond donors (Lipinski definition) is 0. The van der Waals surface area contributed by atoms with Gasteiger partial charge in [0.15, 0.2) is 0 Å². The van der Waals surface area contributed by atoms with Gasteiger partial charge in [0.1, 0.15) is 17.6 Å². The smallest absolute Gasteiger partial charge is 0.406 e. The molecule has 1 heterocycles. The number of carbonyl (C=O) groups is 2. The van der Waals surface area contributed by atoms with Crippen molar-refractivity contribution in [2.24, 2.45) is 4.99 Å². The second kappa shape index (κ2) is 8.20. The van der Waals surface area contributed by atoms with E-state index in [-0.39, 0.29) is 30.0 Å². The zero-order valence-electron chi connectivity index (χ0n) is 15.5. The lowest BCUT2D eigenvalue weighted by Gasteiger charge is -2.35. The summed E-state index contributed by atoms with van der Waals surface area (Å²) < 4.78 is 41.5. The van der Waals surface area contributed by atoms with Crippen LogP contribution in [-0.2, 0) is 16.1 Å². The van der Waals surface area contributed by atoms with Gasteiger partial charge in [-0.15, -0.1) is 13.2 Å². The van der Waals surface area contributed by atoms with Gasteiger partial charge in [0.05, 0.1) is 6.34 Å². The van der Waals surface area contributed by atoms with Crippen molar-refractivity contribution in [2.75, 3.05) is 13.6 Å². The third-order valence-electron chi connectivity index (χ3n) is 4.91. The molecule has 9 heteroatoms. The van der Waals surface area contributed by atoms with Gasteiger partial charge in [-0.25, -0.2) is 0 Å². The van der Waals surface area contributed by atoms with Crippen molar-refractivity contribution in [3.8, 4) is 5.75 Å². The first-order chi connectivity index (χ1) is 13.2. The molecule has 0 aromatic heterocycles. The molecule has 152 valence electrons. The number of nitrogens with zero attached hydrogens (tertiary/aromatic N) is 3. The van der Waals surface area contributed by atoms with E-state index in [9.17, 15) is 22.8 Å². The molecule has 1 atom stereocenters. The lowest BCUT2D eigenvalue weighted by Crippen LogP contribution is -2.47. The molecule has 6 nitrogen and oxygen atoms in total. The normalized spacial score (nSPS) is 20.5. The molecule has 0 radical (unpaired) electrons. The summed E-state index contributed by atoms with van der Waals surface area (Å²) in [6.07, 6.45) is -1.27. The summed E-state index contributed by atoms with van der Waals surface area (Å²) in [5.74, 6) is -0.334. The molecule has 0 saturated heterocycles. The molecule has 2 aliphatic rings. The van der Waals surface area contributed by atoms with Gasteiger partial charge < -0.3 is 14.5 Å². The predicted octanol–water partition coefficient (Wildman–Crippen LogP) is 2.77. The molecule has 28 heavy (non-hydrogen) atoms. The molecule has 1 aliphatic carbocycles. The van der Waals surface area contributed by atoms with E-state index in [0.29, 0.717) is 37.8 Å². The fourth-order valence-corrected chi connectivity index (χ4v) is 3.56. The topological polar surface area (TPSA) is 62.2 Å². The van der Waals surface area contributed by atoms with Crippen LogP contribution in [0.2, 0.25) is 0 Å². The first-order valence-corrected chi connectivity index (χ1v) is 9.11. The van der Waals surface area contributed by atoms with Gasteiger partial charge in [-0.2, -0.15) is 0 Å². The Morgan fingerprint density at radius 1 is 1.32 bits per heavy atom. The highest BCUT2D eigenvalue weighted by Gasteiger charge is 2.34. The Bertz CT molecular complexity index is 756. The van der Waals surface area contributed by atoms with E-state index in [0.717, 1.165) is 0 Å². The van der Waals surface area contributed by atoms with Crippen molar-refractivity contribution < 1.29 is 27.5 Å². The first-order valence-electron chi connectivity index (χ1n) is 9.11. The average molecular weight is 397 g/mol. The number of alkyl halides is 3. The molecule has 3 rings (SSSR count). The van der Waals surface area contributed by atoms with Crippen molar-refractivity contribution in [1.29, 1.82) is 0 Å². The van der Waals surface area contributed by atoms with E-state index in [2.05, 4.69) is 9.73 Å². The van der Waals surface area contributed by atoms with E-state index >= 15 is 0 Å². The van der Waals surface area contributed by atoms with Crippen LogP contribution >= 0.6 is 0 Å². The maximum atomic E-state index is 13.1. The van der Waals surface area contributed by atoms with E-state index in [1.807, 2.05) is 11.9 Å². The number of hydrogen-bond acceptors (Lipinski definition) is 5. The SMILES string of the molecule is CN1C=NC(C(=O)N(Cc2cccc(OC(F)(F)F)c2)C2CCC(=O)CC2)C1. The number of carbonyl (C=O) groups excluding carboxylic acids is 2. The summed E-state index contributed by atoms with van der Waals surface area (Å²) in [5, 5.41) is 0. The summed E-state index contributed by atoms with van der Waals surface area (Å²) >= 11 is 0. The highest BCUT2D eigenvalue weighted by atomic mass is 19.4. The number of benzene rings is 1. The lowest BCUT2D eigenvalue weighted by molar-refractivity contribution is -0.274. The van der Waals surface area contributed by atoms with Crippen LogP contribution in [0.5, 0.6) is 5.75 Å². The highest BCUT2D eigenvalue weighted by molar-refractivity contribution is 5.86. The zero-order valence-corrected chi connectivity index (χ0v) is 15.5. The molecule has 1 aromatic rings. The maximum Gasteiger partial charge on any atom is 0.573 e. The third-order valence-corrected chi connectivity index (χ3v) is 4.91. The van der Waals surface area contributed by atoms with Crippen molar-refractivity contribution in [3.63, 3.8) is 0 Å².